The molecule has 0 spiro atoms. The summed E-state index contributed by atoms with van der Waals surface area (Å²) in [5.41, 5.74) is 4.56. The third-order valence-electron chi connectivity index (χ3n) is 6.60. The van der Waals surface area contributed by atoms with E-state index < -0.39 is 0 Å². The number of aryl methyl sites for hydroxylation is 2. The van der Waals surface area contributed by atoms with E-state index in [9.17, 15) is 9.59 Å². The van der Waals surface area contributed by atoms with Gasteiger partial charge in [-0.3, -0.25) is 9.59 Å². The Labute approximate surface area is 214 Å². The number of aromatic nitrogens is 5. The fourth-order valence-corrected chi connectivity index (χ4v) is 4.64. The molecule has 1 fully saturated rings. The minimum atomic E-state index is -0.293. The number of H-pyrrole nitrogens is 1. The minimum absolute atomic E-state index is 0.0614. The molecule has 10 heteroatoms. The van der Waals surface area contributed by atoms with Gasteiger partial charge in [0.25, 0.3) is 11.5 Å². The Kier molecular flexibility index (Phi) is 6.75. The van der Waals surface area contributed by atoms with Gasteiger partial charge in [0, 0.05) is 48.7 Å². The molecule has 0 saturated carbocycles. The van der Waals surface area contributed by atoms with Crippen molar-refractivity contribution in [3.05, 3.63) is 69.4 Å². The van der Waals surface area contributed by atoms with Gasteiger partial charge >= 0.3 is 0 Å². The highest BCUT2D eigenvalue weighted by Crippen LogP contribution is 2.28. The zero-order chi connectivity index (χ0) is 26.1. The fraction of sp³-hybridized carbons (Fsp3) is 0.370. The number of aromatic amines is 1. The Morgan fingerprint density at radius 2 is 1.97 bits per heavy atom. The van der Waals surface area contributed by atoms with Crippen LogP contribution in [-0.2, 0) is 11.3 Å². The molecular weight excluding hydrogens is 470 g/mol. The standard InChI is InChI=1S/C27H31N7O3/c1-16(2)34-25-22(15-30-34)20(26(35)29-14-21-17(3)11-18(4)31-27(21)36)13-23(32-25)19-5-6-28-24(12-19)33-7-9-37-10-8-33/h5-6,11-13,15-16H,7-10,14H2,1-4H3,(H,29,35)(H,31,36). The molecule has 192 valence electrons. The van der Waals surface area contributed by atoms with Crippen LogP contribution in [-0.4, -0.2) is 56.9 Å². The summed E-state index contributed by atoms with van der Waals surface area (Å²) < 4.78 is 7.28. The molecule has 1 aliphatic rings. The van der Waals surface area contributed by atoms with Gasteiger partial charge in [-0.15, -0.1) is 0 Å². The SMILES string of the molecule is Cc1cc(C)c(CNC(=O)c2cc(-c3ccnc(N4CCOCC4)c3)nc3c2cnn3C(C)C)c(=O)[nH]1. The van der Waals surface area contributed by atoms with E-state index in [1.54, 1.807) is 18.5 Å². The fourth-order valence-electron chi connectivity index (χ4n) is 4.64. The molecule has 0 aromatic carbocycles. The molecule has 0 unspecified atom stereocenters. The maximum Gasteiger partial charge on any atom is 0.253 e. The van der Waals surface area contributed by atoms with E-state index in [4.69, 9.17) is 9.72 Å². The van der Waals surface area contributed by atoms with Gasteiger partial charge in [0.15, 0.2) is 5.65 Å². The lowest BCUT2D eigenvalue weighted by Crippen LogP contribution is -2.36. The Bertz CT molecular complexity index is 1520. The number of nitrogens with one attached hydrogen (secondary N) is 2. The van der Waals surface area contributed by atoms with Crippen molar-refractivity contribution in [3.63, 3.8) is 0 Å². The van der Waals surface area contributed by atoms with Gasteiger partial charge in [-0.25, -0.2) is 14.6 Å². The topological polar surface area (TPSA) is 118 Å². The van der Waals surface area contributed by atoms with Crippen LogP contribution in [0.1, 0.15) is 47.1 Å². The first kappa shape index (κ1) is 24.6. The van der Waals surface area contributed by atoms with Crippen molar-refractivity contribution < 1.29 is 9.53 Å². The summed E-state index contributed by atoms with van der Waals surface area (Å²) in [6, 6.07) is 7.63. The molecule has 1 amide bonds. The third kappa shape index (κ3) is 4.97. The van der Waals surface area contributed by atoms with Crippen molar-refractivity contribution in [3.8, 4) is 11.3 Å². The zero-order valence-corrected chi connectivity index (χ0v) is 21.5. The van der Waals surface area contributed by atoms with Crippen molar-refractivity contribution in [1.82, 2.24) is 30.0 Å². The maximum absolute atomic E-state index is 13.5. The monoisotopic (exact) mass is 501 g/mol. The highest BCUT2D eigenvalue weighted by Gasteiger charge is 2.20. The molecule has 0 bridgehead atoms. The van der Waals surface area contributed by atoms with Crippen molar-refractivity contribution in [2.75, 3.05) is 31.2 Å². The maximum atomic E-state index is 13.5. The second kappa shape index (κ2) is 10.1. The van der Waals surface area contributed by atoms with Crippen LogP contribution < -0.4 is 15.8 Å². The van der Waals surface area contributed by atoms with E-state index in [1.807, 2.05) is 50.6 Å². The molecule has 10 nitrogen and oxygen atoms in total. The van der Waals surface area contributed by atoms with Crippen LogP contribution >= 0.6 is 0 Å². The first-order valence-electron chi connectivity index (χ1n) is 12.5. The average Bonchev–Trinajstić information content (AvgIpc) is 3.32. The summed E-state index contributed by atoms with van der Waals surface area (Å²) >= 11 is 0. The lowest BCUT2D eigenvalue weighted by Gasteiger charge is -2.28. The van der Waals surface area contributed by atoms with Crippen LogP contribution in [0.2, 0.25) is 0 Å². The molecule has 2 N–H and O–H groups in total. The van der Waals surface area contributed by atoms with Gasteiger partial charge in [0.05, 0.1) is 36.1 Å². The van der Waals surface area contributed by atoms with Crippen LogP contribution in [0.25, 0.3) is 22.3 Å². The van der Waals surface area contributed by atoms with Crippen molar-refractivity contribution in [2.45, 2.75) is 40.3 Å². The van der Waals surface area contributed by atoms with Crippen LogP contribution in [0.15, 0.2) is 41.5 Å². The van der Waals surface area contributed by atoms with E-state index in [0.717, 1.165) is 35.7 Å². The molecule has 1 aliphatic heterocycles. The van der Waals surface area contributed by atoms with Gasteiger partial charge in [0.2, 0.25) is 0 Å². The number of fused-ring (bicyclic) bond motifs is 1. The van der Waals surface area contributed by atoms with Gasteiger partial charge in [-0.05, 0) is 57.5 Å². The molecule has 0 aliphatic carbocycles. The Morgan fingerprint density at radius 3 is 2.70 bits per heavy atom. The number of nitrogens with zero attached hydrogens (tertiary/aromatic N) is 5. The summed E-state index contributed by atoms with van der Waals surface area (Å²) in [6.45, 7) is 10.7. The number of anilines is 1. The zero-order valence-electron chi connectivity index (χ0n) is 21.5. The predicted molar refractivity (Wildman–Crippen MR) is 142 cm³/mol. The number of hydrogen-bond donors (Lipinski definition) is 2. The van der Waals surface area contributed by atoms with E-state index >= 15 is 0 Å². The number of ether oxygens (including phenoxy) is 1. The first-order valence-corrected chi connectivity index (χ1v) is 12.5. The molecule has 4 aromatic rings. The minimum Gasteiger partial charge on any atom is -0.378 e. The molecular formula is C27H31N7O3. The number of rotatable bonds is 6. The van der Waals surface area contributed by atoms with Gasteiger partial charge in [0.1, 0.15) is 5.82 Å². The predicted octanol–water partition coefficient (Wildman–Crippen LogP) is 3.15. The average molecular weight is 502 g/mol. The first-order chi connectivity index (χ1) is 17.8. The summed E-state index contributed by atoms with van der Waals surface area (Å²) in [4.78, 5) is 40.4. The molecule has 5 heterocycles. The summed E-state index contributed by atoms with van der Waals surface area (Å²) in [5, 5.41) is 8.09. The molecule has 4 aromatic heterocycles. The summed E-state index contributed by atoms with van der Waals surface area (Å²) in [6.07, 6.45) is 3.44. The summed E-state index contributed by atoms with van der Waals surface area (Å²) in [7, 11) is 0. The number of carbonyl (C=O) groups is 1. The van der Waals surface area contributed by atoms with Crippen molar-refractivity contribution in [1.29, 1.82) is 0 Å². The second-order valence-electron chi connectivity index (χ2n) is 9.60. The lowest BCUT2D eigenvalue weighted by molar-refractivity contribution is 0.0952. The van der Waals surface area contributed by atoms with Crippen LogP contribution in [0.5, 0.6) is 0 Å². The third-order valence-corrected chi connectivity index (χ3v) is 6.60. The van der Waals surface area contributed by atoms with Crippen LogP contribution in [0.3, 0.4) is 0 Å². The summed E-state index contributed by atoms with van der Waals surface area (Å²) in [5.74, 6) is 0.555. The number of pyridine rings is 3. The van der Waals surface area contributed by atoms with Crippen molar-refractivity contribution >= 4 is 22.8 Å². The van der Waals surface area contributed by atoms with E-state index in [1.165, 1.54) is 0 Å². The largest absolute Gasteiger partial charge is 0.378 e. The van der Waals surface area contributed by atoms with E-state index in [2.05, 4.69) is 25.3 Å². The second-order valence-corrected chi connectivity index (χ2v) is 9.60. The smallest absolute Gasteiger partial charge is 0.253 e. The molecule has 37 heavy (non-hydrogen) atoms. The van der Waals surface area contributed by atoms with Gasteiger partial charge in [-0.1, -0.05) is 0 Å². The highest BCUT2D eigenvalue weighted by atomic mass is 16.5. The Morgan fingerprint density at radius 1 is 1.19 bits per heavy atom. The Hall–Kier alpha value is -4.05. The van der Waals surface area contributed by atoms with Crippen LogP contribution in [0, 0.1) is 13.8 Å². The highest BCUT2D eigenvalue weighted by molar-refractivity contribution is 6.06. The molecule has 0 atom stereocenters. The number of amides is 1. The van der Waals surface area contributed by atoms with E-state index in [-0.39, 0.29) is 24.1 Å². The van der Waals surface area contributed by atoms with E-state index in [0.29, 0.717) is 41.1 Å². The number of carbonyl (C=O) groups excluding carboxylic acids is 1. The number of morpholine rings is 1. The normalized spacial score (nSPS) is 13.9. The van der Waals surface area contributed by atoms with Crippen LogP contribution in [0.4, 0.5) is 5.82 Å². The van der Waals surface area contributed by atoms with Gasteiger partial charge in [-0.2, -0.15) is 5.10 Å². The quantitative estimate of drug-likeness (QED) is 0.417. The Balaban J connectivity index is 1.53. The van der Waals surface area contributed by atoms with Crippen molar-refractivity contribution in [2.24, 2.45) is 0 Å². The lowest BCUT2D eigenvalue weighted by atomic mass is 10.1. The number of hydrogen-bond acceptors (Lipinski definition) is 7. The molecule has 0 radical (unpaired) electrons. The molecule has 1 saturated heterocycles. The van der Waals surface area contributed by atoms with Gasteiger partial charge < -0.3 is 19.9 Å². The molecule has 5 rings (SSSR count).